The maximum atomic E-state index is 12.3. The highest BCUT2D eigenvalue weighted by Gasteiger charge is 2.28. The number of aryl methyl sites for hydroxylation is 1. The van der Waals surface area contributed by atoms with E-state index in [1.54, 1.807) is 24.4 Å². The van der Waals surface area contributed by atoms with Crippen molar-refractivity contribution in [1.29, 1.82) is 0 Å². The third-order valence-electron chi connectivity index (χ3n) is 4.47. The van der Waals surface area contributed by atoms with Crippen LogP contribution in [0.3, 0.4) is 0 Å². The summed E-state index contributed by atoms with van der Waals surface area (Å²) in [6.07, 6.45) is 2.52. The van der Waals surface area contributed by atoms with Gasteiger partial charge in [-0.1, -0.05) is 30.3 Å². The molecule has 0 radical (unpaired) electrons. The average molecular weight is 323 g/mol. The van der Waals surface area contributed by atoms with Crippen LogP contribution in [0.25, 0.3) is 0 Å². The molecule has 1 N–H and O–H groups in total. The van der Waals surface area contributed by atoms with E-state index < -0.39 is 0 Å². The van der Waals surface area contributed by atoms with Crippen molar-refractivity contribution in [2.45, 2.75) is 19.3 Å². The van der Waals surface area contributed by atoms with Crippen LogP contribution in [0.4, 0.5) is 0 Å². The normalized spacial score (nSPS) is 16.9. The fourth-order valence-corrected chi connectivity index (χ4v) is 3.14. The Morgan fingerprint density at radius 1 is 1.21 bits per heavy atom. The second-order valence-electron chi connectivity index (χ2n) is 6.08. The molecule has 124 valence electrons. The molecule has 2 amide bonds. The van der Waals surface area contributed by atoms with E-state index in [4.69, 9.17) is 0 Å². The zero-order chi connectivity index (χ0) is 16.9. The van der Waals surface area contributed by atoms with Crippen LogP contribution in [0.5, 0.6) is 0 Å². The summed E-state index contributed by atoms with van der Waals surface area (Å²) >= 11 is 0. The number of hydrogen-bond donors (Lipinski definition) is 1. The van der Waals surface area contributed by atoms with Gasteiger partial charge in [-0.3, -0.25) is 14.6 Å². The van der Waals surface area contributed by atoms with Crippen molar-refractivity contribution < 1.29 is 9.59 Å². The SMILES string of the molecule is Cc1ccccc1[C@@H]1CCN(C(=O)CNC(=O)c2ccccn2)C1. The molecular formula is C19H21N3O2. The number of likely N-dealkylation sites (tertiary alicyclic amines) is 1. The monoisotopic (exact) mass is 323 g/mol. The zero-order valence-electron chi connectivity index (χ0n) is 13.7. The number of carbonyl (C=O) groups excluding carboxylic acids is 2. The van der Waals surface area contributed by atoms with Gasteiger partial charge >= 0.3 is 0 Å². The second kappa shape index (κ2) is 7.25. The highest BCUT2D eigenvalue weighted by molar-refractivity contribution is 5.94. The van der Waals surface area contributed by atoms with Gasteiger partial charge in [-0.2, -0.15) is 0 Å². The average Bonchev–Trinajstić information content (AvgIpc) is 3.10. The topological polar surface area (TPSA) is 62.3 Å². The van der Waals surface area contributed by atoms with Gasteiger partial charge < -0.3 is 10.2 Å². The molecule has 2 heterocycles. The minimum atomic E-state index is -0.321. The Balaban J connectivity index is 1.54. The molecule has 0 unspecified atom stereocenters. The predicted octanol–water partition coefficient (Wildman–Crippen LogP) is 2.14. The fourth-order valence-electron chi connectivity index (χ4n) is 3.14. The first-order chi connectivity index (χ1) is 11.6. The Bertz CT molecular complexity index is 730. The number of carbonyl (C=O) groups is 2. The van der Waals surface area contributed by atoms with Crippen LogP contribution >= 0.6 is 0 Å². The highest BCUT2D eigenvalue weighted by Crippen LogP contribution is 2.29. The molecule has 1 aliphatic rings. The molecule has 1 atom stereocenters. The predicted molar refractivity (Wildman–Crippen MR) is 91.7 cm³/mol. The van der Waals surface area contributed by atoms with E-state index in [1.807, 2.05) is 17.0 Å². The number of pyridine rings is 1. The molecule has 24 heavy (non-hydrogen) atoms. The first kappa shape index (κ1) is 16.2. The number of nitrogens with zero attached hydrogens (tertiary/aromatic N) is 2. The van der Waals surface area contributed by atoms with Gasteiger partial charge in [0, 0.05) is 25.2 Å². The van der Waals surface area contributed by atoms with Crippen LogP contribution in [0.15, 0.2) is 48.7 Å². The molecule has 5 nitrogen and oxygen atoms in total. The third-order valence-corrected chi connectivity index (χ3v) is 4.47. The minimum absolute atomic E-state index is 0.00982. The van der Waals surface area contributed by atoms with Crippen LogP contribution in [0.1, 0.15) is 34.0 Å². The molecule has 0 aliphatic carbocycles. The highest BCUT2D eigenvalue weighted by atomic mass is 16.2. The van der Waals surface area contributed by atoms with E-state index in [0.717, 1.165) is 13.0 Å². The lowest BCUT2D eigenvalue weighted by atomic mass is 9.94. The largest absolute Gasteiger partial charge is 0.342 e. The number of benzene rings is 1. The number of amides is 2. The van der Waals surface area contributed by atoms with Gasteiger partial charge in [0.25, 0.3) is 5.91 Å². The van der Waals surface area contributed by atoms with E-state index in [9.17, 15) is 9.59 Å². The summed E-state index contributed by atoms with van der Waals surface area (Å²) in [5.41, 5.74) is 2.90. The summed E-state index contributed by atoms with van der Waals surface area (Å²) in [6, 6.07) is 13.4. The molecule has 0 bridgehead atoms. The molecule has 0 saturated carbocycles. The van der Waals surface area contributed by atoms with Crippen LogP contribution in [0.2, 0.25) is 0 Å². The van der Waals surface area contributed by atoms with Crippen molar-refractivity contribution >= 4 is 11.8 Å². The Morgan fingerprint density at radius 2 is 2.00 bits per heavy atom. The van der Waals surface area contributed by atoms with Gasteiger partial charge in [0.15, 0.2) is 0 Å². The van der Waals surface area contributed by atoms with Crippen LogP contribution in [-0.4, -0.2) is 41.3 Å². The lowest BCUT2D eigenvalue weighted by molar-refractivity contribution is -0.129. The lowest BCUT2D eigenvalue weighted by Gasteiger charge is -2.18. The minimum Gasteiger partial charge on any atom is -0.342 e. The molecule has 1 fully saturated rings. The molecule has 3 rings (SSSR count). The Labute approximate surface area is 141 Å². The van der Waals surface area contributed by atoms with Crippen molar-refractivity contribution in [3.63, 3.8) is 0 Å². The maximum absolute atomic E-state index is 12.3. The molecule has 2 aromatic rings. The van der Waals surface area contributed by atoms with Crippen LogP contribution < -0.4 is 5.32 Å². The van der Waals surface area contributed by atoms with Crippen LogP contribution in [-0.2, 0) is 4.79 Å². The molecule has 1 aromatic carbocycles. The smallest absolute Gasteiger partial charge is 0.270 e. The van der Waals surface area contributed by atoms with E-state index in [2.05, 4.69) is 29.4 Å². The van der Waals surface area contributed by atoms with Gasteiger partial charge in [-0.25, -0.2) is 0 Å². The van der Waals surface area contributed by atoms with Gasteiger partial charge in [0.1, 0.15) is 5.69 Å². The quantitative estimate of drug-likeness (QED) is 0.937. The van der Waals surface area contributed by atoms with E-state index in [0.29, 0.717) is 18.2 Å². The number of hydrogen-bond acceptors (Lipinski definition) is 3. The maximum Gasteiger partial charge on any atom is 0.270 e. The van der Waals surface area contributed by atoms with Crippen molar-refractivity contribution in [3.05, 3.63) is 65.5 Å². The van der Waals surface area contributed by atoms with Crippen LogP contribution in [0, 0.1) is 6.92 Å². The number of aromatic nitrogens is 1. The molecule has 0 spiro atoms. The number of nitrogens with one attached hydrogen (secondary N) is 1. The molecule has 1 aromatic heterocycles. The second-order valence-corrected chi connectivity index (χ2v) is 6.08. The van der Waals surface area contributed by atoms with Gasteiger partial charge in [-0.15, -0.1) is 0 Å². The van der Waals surface area contributed by atoms with Gasteiger partial charge in [-0.05, 0) is 36.6 Å². The van der Waals surface area contributed by atoms with Gasteiger partial charge in [0.2, 0.25) is 5.91 Å². The summed E-state index contributed by atoms with van der Waals surface area (Å²) in [5, 5.41) is 2.65. The molecular weight excluding hydrogens is 302 g/mol. The standard InChI is InChI=1S/C19H21N3O2/c1-14-6-2-3-7-16(14)15-9-11-22(13-15)18(23)12-21-19(24)17-8-4-5-10-20-17/h2-8,10,15H,9,11-13H2,1H3,(H,21,24)/t15-/m1/s1. The van der Waals surface area contributed by atoms with Crippen molar-refractivity contribution in [2.24, 2.45) is 0 Å². The summed E-state index contributed by atoms with van der Waals surface area (Å²) in [6.45, 7) is 3.56. The Kier molecular flexibility index (Phi) is 4.89. The van der Waals surface area contributed by atoms with E-state index in [1.165, 1.54) is 11.1 Å². The Morgan fingerprint density at radius 3 is 2.75 bits per heavy atom. The first-order valence-electron chi connectivity index (χ1n) is 8.17. The van der Waals surface area contributed by atoms with Crippen molar-refractivity contribution in [3.8, 4) is 0 Å². The summed E-state index contributed by atoms with van der Waals surface area (Å²) in [5.74, 6) is 0.00982. The summed E-state index contributed by atoms with van der Waals surface area (Å²) in [7, 11) is 0. The van der Waals surface area contributed by atoms with Gasteiger partial charge in [0.05, 0.1) is 6.54 Å². The van der Waals surface area contributed by atoms with E-state index in [-0.39, 0.29) is 18.4 Å². The lowest BCUT2D eigenvalue weighted by Crippen LogP contribution is -2.39. The molecule has 1 saturated heterocycles. The van der Waals surface area contributed by atoms with Crippen molar-refractivity contribution in [1.82, 2.24) is 15.2 Å². The number of rotatable bonds is 4. The fraction of sp³-hybridized carbons (Fsp3) is 0.316. The third kappa shape index (κ3) is 3.62. The Hall–Kier alpha value is -2.69. The summed E-state index contributed by atoms with van der Waals surface area (Å²) in [4.78, 5) is 30.1. The summed E-state index contributed by atoms with van der Waals surface area (Å²) < 4.78 is 0. The zero-order valence-corrected chi connectivity index (χ0v) is 13.7. The molecule has 1 aliphatic heterocycles. The van der Waals surface area contributed by atoms with Crippen molar-refractivity contribution in [2.75, 3.05) is 19.6 Å². The first-order valence-corrected chi connectivity index (χ1v) is 8.17. The van der Waals surface area contributed by atoms with E-state index >= 15 is 0 Å². The molecule has 5 heteroatoms.